The molecule has 0 saturated carbocycles. The second kappa shape index (κ2) is 5.56. The molecule has 0 unspecified atom stereocenters. The molecule has 2 rings (SSSR count). The van der Waals surface area contributed by atoms with E-state index >= 15 is 0 Å². The smallest absolute Gasteiger partial charge is 0.251 e. The monoisotopic (exact) mass is 231 g/mol. The van der Waals surface area contributed by atoms with Crippen molar-refractivity contribution in [3.05, 3.63) is 65.5 Å². The minimum atomic E-state index is 0.762. The van der Waals surface area contributed by atoms with Gasteiger partial charge >= 0.3 is 0 Å². The van der Waals surface area contributed by atoms with Crippen molar-refractivity contribution in [2.45, 2.75) is 11.4 Å². The van der Waals surface area contributed by atoms with Crippen LogP contribution in [-0.2, 0) is 6.42 Å². The molecule has 0 aliphatic carbocycles. The van der Waals surface area contributed by atoms with Gasteiger partial charge in [-0.25, -0.2) is 0 Å². The number of rotatable bonds is 4. The standard InChI is InChI=1S/C13H13NOS/c15-14-10-5-4-8-13(14)16-11-9-12-6-2-1-3-7-12/h1-8,10H,9,11H2. The molecule has 0 aliphatic heterocycles. The van der Waals surface area contributed by atoms with Crippen molar-refractivity contribution < 1.29 is 4.73 Å². The lowest BCUT2D eigenvalue weighted by Crippen LogP contribution is -2.27. The van der Waals surface area contributed by atoms with E-state index in [9.17, 15) is 5.21 Å². The van der Waals surface area contributed by atoms with Crippen LogP contribution in [0.25, 0.3) is 0 Å². The van der Waals surface area contributed by atoms with Crippen LogP contribution in [0, 0.1) is 5.21 Å². The molecule has 0 aliphatic rings. The van der Waals surface area contributed by atoms with E-state index in [1.54, 1.807) is 17.8 Å². The molecule has 0 bridgehead atoms. The summed E-state index contributed by atoms with van der Waals surface area (Å²) in [6.07, 6.45) is 2.52. The summed E-state index contributed by atoms with van der Waals surface area (Å²) in [6.45, 7) is 0. The third-order valence-corrected chi connectivity index (χ3v) is 3.29. The summed E-state index contributed by atoms with van der Waals surface area (Å²) in [6, 6.07) is 15.8. The van der Waals surface area contributed by atoms with Crippen molar-refractivity contribution in [2.75, 3.05) is 5.75 Å². The van der Waals surface area contributed by atoms with E-state index in [2.05, 4.69) is 12.1 Å². The Labute approximate surface area is 99.5 Å². The average molecular weight is 231 g/mol. The van der Waals surface area contributed by atoms with Gasteiger partial charge in [0, 0.05) is 17.9 Å². The molecular formula is C13H13NOS. The van der Waals surface area contributed by atoms with E-state index in [1.807, 2.05) is 30.3 Å². The Kier molecular flexibility index (Phi) is 3.83. The van der Waals surface area contributed by atoms with E-state index in [0.717, 1.165) is 21.9 Å². The highest BCUT2D eigenvalue weighted by Gasteiger charge is 2.03. The third kappa shape index (κ3) is 3.00. The predicted octanol–water partition coefficient (Wildman–Crippen LogP) is 2.65. The number of benzene rings is 1. The number of thioether (sulfide) groups is 1. The summed E-state index contributed by atoms with van der Waals surface area (Å²) < 4.78 is 0.912. The second-order valence-corrected chi connectivity index (χ2v) is 4.56. The van der Waals surface area contributed by atoms with Crippen LogP contribution in [-0.4, -0.2) is 5.75 Å². The molecule has 1 aromatic carbocycles. The fourth-order valence-corrected chi connectivity index (χ4v) is 2.35. The van der Waals surface area contributed by atoms with Gasteiger partial charge in [-0.3, -0.25) is 0 Å². The van der Waals surface area contributed by atoms with E-state index in [1.165, 1.54) is 11.8 Å². The topological polar surface area (TPSA) is 26.9 Å². The molecule has 3 heteroatoms. The van der Waals surface area contributed by atoms with E-state index < -0.39 is 0 Å². The lowest BCUT2D eigenvalue weighted by atomic mass is 10.2. The zero-order chi connectivity index (χ0) is 11.2. The van der Waals surface area contributed by atoms with Gasteiger partial charge in [0.15, 0.2) is 6.20 Å². The number of pyridine rings is 1. The van der Waals surface area contributed by atoms with Crippen LogP contribution < -0.4 is 4.73 Å². The van der Waals surface area contributed by atoms with E-state index in [0.29, 0.717) is 0 Å². The van der Waals surface area contributed by atoms with Crippen molar-refractivity contribution in [2.24, 2.45) is 0 Å². The number of aromatic nitrogens is 1. The molecule has 1 heterocycles. The molecule has 16 heavy (non-hydrogen) atoms. The van der Waals surface area contributed by atoms with Crippen LogP contribution in [0.1, 0.15) is 5.56 Å². The average Bonchev–Trinajstić information content (AvgIpc) is 2.33. The van der Waals surface area contributed by atoms with Crippen LogP contribution in [0.4, 0.5) is 0 Å². The SMILES string of the molecule is [O-][n+]1ccccc1SCCc1ccccc1. The Balaban J connectivity index is 1.87. The van der Waals surface area contributed by atoms with Crippen molar-refractivity contribution >= 4 is 11.8 Å². The molecule has 0 saturated heterocycles. The first-order valence-electron chi connectivity index (χ1n) is 5.21. The number of nitrogens with zero attached hydrogens (tertiary/aromatic N) is 1. The van der Waals surface area contributed by atoms with Crippen molar-refractivity contribution in [3.8, 4) is 0 Å². The van der Waals surface area contributed by atoms with Crippen molar-refractivity contribution in [3.63, 3.8) is 0 Å². The Bertz CT molecular complexity index is 445. The Morgan fingerprint density at radius 1 is 1.00 bits per heavy atom. The molecule has 0 spiro atoms. The van der Waals surface area contributed by atoms with Gasteiger partial charge in [0.2, 0.25) is 0 Å². The number of hydrogen-bond donors (Lipinski definition) is 0. The zero-order valence-corrected chi connectivity index (χ0v) is 9.69. The maximum Gasteiger partial charge on any atom is 0.251 e. The first-order valence-corrected chi connectivity index (χ1v) is 6.20. The van der Waals surface area contributed by atoms with Gasteiger partial charge in [0.1, 0.15) is 0 Å². The molecule has 2 nitrogen and oxygen atoms in total. The summed E-state index contributed by atoms with van der Waals surface area (Å²) >= 11 is 1.59. The summed E-state index contributed by atoms with van der Waals surface area (Å²) in [4.78, 5) is 0. The van der Waals surface area contributed by atoms with E-state index in [-0.39, 0.29) is 0 Å². The molecule has 0 amide bonds. The first kappa shape index (κ1) is 11.0. The van der Waals surface area contributed by atoms with Gasteiger partial charge in [-0.1, -0.05) is 42.1 Å². The van der Waals surface area contributed by atoms with Gasteiger partial charge < -0.3 is 5.21 Å². The second-order valence-electron chi connectivity index (χ2n) is 3.45. The lowest BCUT2D eigenvalue weighted by Gasteiger charge is -2.03. The van der Waals surface area contributed by atoms with Crippen LogP contribution in [0.5, 0.6) is 0 Å². The maximum atomic E-state index is 11.4. The third-order valence-electron chi connectivity index (χ3n) is 2.27. The highest BCUT2D eigenvalue weighted by molar-refractivity contribution is 7.99. The predicted molar refractivity (Wildman–Crippen MR) is 66.3 cm³/mol. The summed E-state index contributed by atoms with van der Waals surface area (Å²) in [5.41, 5.74) is 1.31. The minimum absolute atomic E-state index is 0.762. The molecule has 0 N–H and O–H groups in total. The molecule has 0 radical (unpaired) electrons. The lowest BCUT2D eigenvalue weighted by molar-refractivity contribution is -0.645. The summed E-state index contributed by atoms with van der Waals surface area (Å²) in [7, 11) is 0. The van der Waals surface area contributed by atoms with Crippen LogP contribution >= 0.6 is 11.8 Å². The number of hydrogen-bond acceptors (Lipinski definition) is 2. The van der Waals surface area contributed by atoms with E-state index in [4.69, 9.17) is 0 Å². The Hall–Kier alpha value is -1.48. The first-order chi connectivity index (χ1) is 7.86. The fourth-order valence-electron chi connectivity index (χ4n) is 1.44. The molecular weight excluding hydrogens is 218 g/mol. The normalized spacial score (nSPS) is 10.2. The minimum Gasteiger partial charge on any atom is -0.618 e. The Morgan fingerprint density at radius 2 is 1.75 bits per heavy atom. The van der Waals surface area contributed by atoms with Crippen molar-refractivity contribution in [1.29, 1.82) is 0 Å². The molecule has 1 aromatic heterocycles. The van der Waals surface area contributed by atoms with Gasteiger partial charge in [0.25, 0.3) is 5.03 Å². The van der Waals surface area contributed by atoms with Crippen LogP contribution in [0.2, 0.25) is 0 Å². The summed E-state index contributed by atoms with van der Waals surface area (Å²) in [5.74, 6) is 0.927. The molecule has 0 atom stereocenters. The Morgan fingerprint density at radius 3 is 2.50 bits per heavy atom. The highest BCUT2D eigenvalue weighted by Crippen LogP contribution is 2.14. The highest BCUT2D eigenvalue weighted by atomic mass is 32.2. The number of aryl methyl sites for hydroxylation is 1. The van der Waals surface area contributed by atoms with Gasteiger partial charge in [-0.15, -0.1) is 0 Å². The molecule has 0 fully saturated rings. The van der Waals surface area contributed by atoms with Gasteiger partial charge in [-0.05, 0) is 18.1 Å². The van der Waals surface area contributed by atoms with Gasteiger partial charge in [0.05, 0.1) is 0 Å². The summed E-state index contributed by atoms with van der Waals surface area (Å²) in [5, 5.41) is 12.1. The van der Waals surface area contributed by atoms with Crippen LogP contribution in [0.3, 0.4) is 0 Å². The zero-order valence-electron chi connectivity index (χ0n) is 8.87. The maximum absolute atomic E-state index is 11.4. The largest absolute Gasteiger partial charge is 0.618 e. The van der Waals surface area contributed by atoms with Crippen molar-refractivity contribution in [1.82, 2.24) is 0 Å². The quantitative estimate of drug-likeness (QED) is 0.459. The van der Waals surface area contributed by atoms with Gasteiger partial charge in [-0.2, -0.15) is 4.73 Å². The molecule has 82 valence electrons. The fraction of sp³-hybridized carbons (Fsp3) is 0.154. The van der Waals surface area contributed by atoms with Crippen LogP contribution in [0.15, 0.2) is 59.8 Å². The molecule has 2 aromatic rings.